The summed E-state index contributed by atoms with van der Waals surface area (Å²) in [5.74, 6) is 0. The molecule has 1 radical (unpaired) electrons. The quantitative estimate of drug-likeness (QED) is 0.584. The zero-order chi connectivity index (χ0) is 13.2. The summed E-state index contributed by atoms with van der Waals surface area (Å²) in [5.41, 5.74) is 0.678. The first-order valence-electron chi connectivity index (χ1n) is 6.45. The molecule has 1 heteroatoms. The molecule has 0 aromatic carbocycles. The van der Waals surface area contributed by atoms with Crippen LogP contribution in [0.25, 0.3) is 0 Å². The lowest BCUT2D eigenvalue weighted by Crippen LogP contribution is -2.73. The number of hydrogen-bond donors (Lipinski definition) is 0. The molecular formula is C15H30N. The number of piperidine rings is 1. The van der Waals surface area contributed by atoms with E-state index in [2.05, 4.69) is 69.2 Å². The predicted molar refractivity (Wildman–Crippen MR) is 71.6 cm³/mol. The molecule has 0 aromatic rings. The van der Waals surface area contributed by atoms with Crippen molar-refractivity contribution in [3.63, 3.8) is 0 Å². The third kappa shape index (κ3) is 1.33. The molecule has 1 nitrogen and oxygen atoms in total. The van der Waals surface area contributed by atoms with Crippen molar-refractivity contribution in [2.75, 3.05) is 0 Å². The van der Waals surface area contributed by atoms with E-state index in [4.69, 9.17) is 5.32 Å². The van der Waals surface area contributed by atoms with Crippen LogP contribution in [0.2, 0.25) is 0 Å². The molecule has 0 atom stereocenters. The topological polar surface area (TPSA) is 14.1 Å². The van der Waals surface area contributed by atoms with Gasteiger partial charge in [-0.3, -0.25) is 0 Å². The van der Waals surface area contributed by atoms with Crippen molar-refractivity contribution in [2.45, 2.75) is 80.3 Å². The third-order valence-electron chi connectivity index (χ3n) is 6.74. The summed E-state index contributed by atoms with van der Waals surface area (Å²) in [4.78, 5) is 0. The fraction of sp³-hybridized carbons (Fsp3) is 1.00. The summed E-state index contributed by atoms with van der Waals surface area (Å²) in [7, 11) is 0. The highest BCUT2D eigenvalue weighted by atomic mass is 15.1. The molecule has 1 fully saturated rings. The van der Waals surface area contributed by atoms with E-state index in [1.807, 2.05) is 0 Å². The van der Waals surface area contributed by atoms with Gasteiger partial charge in [0.25, 0.3) is 0 Å². The molecule has 95 valence electrons. The van der Waals surface area contributed by atoms with Crippen LogP contribution in [-0.4, -0.2) is 11.1 Å². The summed E-state index contributed by atoms with van der Waals surface area (Å²) in [5, 5.41) is 5.15. The molecule has 1 aliphatic heterocycles. The van der Waals surface area contributed by atoms with Crippen molar-refractivity contribution in [1.29, 1.82) is 0 Å². The highest BCUT2D eigenvalue weighted by Gasteiger charge is 2.65. The third-order valence-corrected chi connectivity index (χ3v) is 6.74. The lowest BCUT2D eigenvalue weighted by molar-refractivity contribution is -0.169. The highest BCUT2D eigenvalue weighted by Crippen LogP contribution is 2.64. The molecule has 0 unspecified atom stereocenters. The van der Waals surface area contributed by atoms with E-state index in [0.717, 1.165) is 0 Å². The van der Waals surface area contributed by atoms with E-state index in [0.29, 0.717) is 0 Å². The summed E-state index contributed by atoms with van der Waals surface area (Å²) in [6.07, 6.45) is 0. The monoisotopic (exact) mass is 224 g/mol. The number of nitrogens with zero attached hydrogens (tertiary/aromatic N) is 1. The lowest BCUT2D eigenvalue weighted by atomic mass is 9.42. The molecule has 0 aliphatic carbocycles. The lowest BCUT2D eigenvalue weighted by Gasteiger charge is -2.69. The van der Waals surface area contributed by atoms with E-state index in [1.54, 1.807) is 0 Å². The standard InChI is InChI=1S/C15H30N/c1-11(2)12(3,4)14(7,8)16-15(9,10)13(11,5)6/h1-10H3. The highest BCUT2D eigenvalue weighted by molar-refractivity contribution is 5.18. The van der Waals surface area contributed by atoms with Gasteiger partial charge >= 0.3 is 0 Å². The Kier molecular flexibility index (Phi) is 2.67. The Labute approximate surface area is 102 Å². The molecule has 0 bridgehead atoms. The Morgan fingerprint density at radius 2 is 0.688 bits per heavy atom. The molecular weight excluding hydrogens is 194 g/mol. The van der Waals surface area contributed by atoms with Gasteiger partial charge < -0.3 is 0 Å². The molecule has 0 amide bonds. The van der Waals surface area contributed by atoms with Gasteiger partial charge in [-0.2, -0.15) is 0 Å². The molecule has 0 N–H and O–H groups in total. The minimum atomic E-state index is 0.0233. The van der Waals surface area contributed by atoms with Crippen molar-refractivity contribution in [1.82, 2.24) is 5.32 Å². The van der Waals surface area contributed by atoms with Gasteiger partial charge in [0.1, 0.15) is 0 Å². The Bertz CT molecular complexity index is 265. The molecule has 0 aromatic heterocycles. The van der Waals surface area contributed by atoms with Crippen LogP contribution in [-0.2, 0) is 0 Å². The average molecular weight is 224 g/mol. The summed E-state index contributed by atoms with van der Waals surface area (Å²) >= 11 is 0. The van der Waals surface area contributed by atoms with Crippen LogP contribution in [0.5, 0.6) is 0 Å². The van der Waals surface area contributed by atoms with Crippen molar-refractivity contribution >= 4 is 0 Å². The predicted octanol–water partition coefficient (Wildman–Crippen LogP) is 4.24. The summed E-state index contributed by atoms with van der Waals surface area (Å²) in [6.45, 7) is 23.4. The maximum Gasteiger partial charge on any atom is 0.0363 e. The molecule has 0 saturated carbocycles. The van der Waals surface area contributed by atoms with Gasteiger partial charge in [0, 0.05) is 11.1 Å². The van der Waals surface area contributed by atoms with Crippen molar-refractivity contribution in [3.05, 3.63) is 0 Å². The van der Waals surface area contributed by atoms with Crippen LogP contribution in [0.3, 0.4) is 0 Å². The van der Waals surface area contributed by atoms with Gasteiger partial charge in [-0.25, -0.2) is 5.32 Å². The fourth-order valence-electron chi connectivity index (χ4n) is 3.29. The largest absolute Gasteiger partial charge is 0.228 e. The van der Waals surface area contributed by atoms with Crippen LogP contribution in [0, 0.1) is 16.2 Å². The molecule has 0 spiro atoms. The first-order chi connectivity index (χ1) is 6.71. The van der Waals surface area contributed by atoms with Crippen molar-refractivity contribution < 1.29 is 0 Å². The maximum atomic E-state index is 5.15. The van der Waals surface area contributed by atoms with Gasteiger partial charge in [0.05, 0.1) is 0 Å². The van der Waals surface area contributed by atoms with Gasteiger partial charge in [0.2, 0.25) is 0 Å². The number of hydrogen-bond acceptors (Lipinski definition) is 0. The smallest absolute Gasteiger partial charge is 0.0363 e. The fourth-order valence-corrected chi connectivity index (χ4v) is 3.29. The zero-order valence-corrected chi connectivity index (χ0v) is 12.9. The second kappa shape index (κ2) is 3.04. The summed E-state index contributed by atoms with van der Waals surface area (Å²) in [6, 6.07) is 0. The normalized spacial score (nSPS) is 33.4. The minimum absolute atomic E-state index is 0.0233. The maximum absolute atomic E-state index is 5.15. The van der Waals surface area contributed by atoms with Crippen LogP contribution in [0.1, 0.15) is 69.2 Å². The second-order valence-corrected chi connectivity index (χ2v) is 8.10. The van der Waals surface area contributed by atoms with Crippen molar-refractivity contribution in [3.8, 4) is 0 Å². The van der Waals surface area contributed by atoms with Gasteiger partial charge in [0.15, 0.2) is 0 Å². The van der Waals surface area contributed by atoms with Gasteiger partial charge in [-0.1, -0.05) is 41.5 Å². The second-order valence-electron chi connectivity index (χ2n) is 8.10. The zero-order valence-electron chi connectivity index (χ0n) is 12.9. The first-order valence-corrected chi connectivity index (χ1v) is 6.45. The van der Waals surface area contributed by atoms with E-state index in [1.165, 1.54) is 0 Å². The van der Waals surface area contributed by atoms with E-state index < -0.39 is 0 Å². The molecule has 1 aliphatic rings. The Morgan fingerprint density at radius 3 is 0.938 bits per heavy atom. The van der Waals surface area contributed by atoms with Crippen LogP contribution >= 0.6 is 0 Å². The van der Waals surface area contributed by atoms with E-state index in [9.17, 15) is 0 Å². The Morgan fingerprint density at radius 1 is 0.438 bits per heavy atom. The number of rotatable bonds is 0. The molecule has 1 saturated heterocycles. The Balaban J connectivity index is 3.43. The Hall–Kier alpha value is -0.0400. The SMILES string of the molecule is CC1(C)[N]C(C)(C)C(C)(C)C(C)(C)C1(C)C. The van der Waals surface area contributed by atoms with Crippen molar-refractivity contribution in [2.24, 2.45) is 16.2 Å². The first kappa shape index (κ1) is 14.0. The average Bonchev–Trinajstić information content (AvgIpc) is 1.98. The molecule has 16 heavy (non-hydrogen) atoms. The van der Waals surface area contributed by atoms with E-state index in [-0.39, 0.29) is 27.3 Å². The van der Waals surface area contributed by atoms with Gasteiger partial charge in [-0.15, -0.1) is 0 Å². The molecule has 1 heterocycles. The molecule has 1 rings (SSSR count). The van der Waals surface area contributed by atoms with Crippen LogP contribution in [0.4, 0.5) is 0 Å². The van der Waals surface area contributed by atoms with E-state index >= 15 is 0 Å². The van der Waals surface area contributed by atoms with Crippen LogP contribution < -0.4 is 5.32 Å². The van der Waals surface area contributed by atoms with Gasteiger partial charge in [-0.05, 0) is 43.9 Å². The summed E-state index contributed by atoms with van der Waals surface area (Å²) < 4.78 is 0. The van der Waals surface area contributed by atoms with Crippen LogP contribution in [0.15, 0.2) is 0 Å². The minimum Gasteiger partial charge on any atom is -0.228 e.